The van der Waals surface area contributed by atoms with Crippen molar-refractivity contribution in [3.63, 3.8) is 0 Å². The van der Waals surface area contributed by atoms with Crippen LogP contribution in [0.5, 0.6) is 0 Å². The van der Waals surface area contributed by atoms with Crippen molar-refractivity contribution in [2.75, 3.05) is 26.7 Å². The van der Waals surface area contributed by atoms with Crippen LogP contribution in [-0.2, 0) is 17.9 Å². The fourth-order valence-corrected chi connectivity index (χ4v) is 3.07. The molecule has 1 atom stereocenters. The van der Waals surface area contributed by atoms with Crippen molar-refractivity contribution in [3.8, 4) is 0 Å². The van der Waals surface area contributed by atoms with Gasteiger partial charge in [0, 0.05) is 27.3 Å². The van der Waals surface area contributed by atoms with Crippen molar-refractivity contribution >= 4 is 5.91 Å². The van der Waals surface area contributed by atoms with Crippen LogP contribution in [0, 0.1) is 5.92 Å². The van der Waals surface area contributed by atoms with Gasteiger partial charge in [-0.05, 0) is 49.4 Å². The third kappa shape index (κ3) is 4.44. The van der Waals surface area contributed by atoms with E-state index in [1.807, 2.05) is 13.8 Å². The number of rotatable bonds is 8. The molecule has 1 aliphatic rings. The Hall–Kier alpha value is -1.69. The van der Waals surface area contributed by atoms with Gasteiger partial charge in [0.1, 0.15) is 12.7 Å². The maximum atomic E-state index is 13.3. The summed E-state index contributed by atoms with van der Waals surface area (Å²) in [5, 5.41) is 2.63. The van der Waals surface area contributed by atoms with Crippen LogP contribution in [0.1, 0.15) is 45.3 Å². The number of amides is 1. The second-order valence-electron chi connectivity index (χ2n) is 6.91. The lowest BCUT2D eigenvalue weighted by atomic mass is 10.0. The highest BCUT2D eigenvalue weighted by atomic mass is 19.1. The van der Waals surface area contributed by atoms with Crippen molar-refractivity contribution in [2.24, 2.45) is 5.92 Å². The summed E-state index contributed by atoms with van der Waals surface area (Å²) in [4.78, 5) is 26.9. The Morgan fingerprint density at radius 3 is 2.58 bits per heavy atom. The molecule has 2 heterocycles. The van der Waals surface area contributed by atoms with Gasteiger partial charge in [0.05, 0.1) is 0 Å². The van der Waals surface area contributed by atoms with Crippen molar-refractivity contribution in [3.05, 3.63) is 33.7 Å². The van der Waals surface area contributed by atoms with Gasteiger partial charge < -0.3 is 14.8 Å². The van der Waals surface area contributed by atoms with Crippen LogP contribution in [0.2, 0.25) is 0 Å². The Morgan fingerprint density at radius 2 is 2.08 bits per heavy atom. The minimum Gasteiger partial charge on any atom is -0.357 e. The molecule has 0 spiro atoms. The topological polar surface area (TPSA) is 54.3 Å². The largest absolute Gasteiger partial charge is 0.357 e. The van der Waals surface area contributed by atoms with Crippen molar-refractivity contribution in [2.45, 2.75) is 45.8 Å². The van der Waals surface area contributed by atoms with E-state index in [9.17, 15) is 14.0 Å². The van der Waals surface area contributed by atoms with E-state index in [0.717, 1.165) is 25.2 Å². The van der Waals surface area contributed by atoms with Gasteiger partial charge in [-0.2, -0.15) is 0 Å². The first kappa shape index (κ1) is 18.6. The number of alkyl halides is 1. The number of aromatic nitrogens is 1. The normalized spacial score (nSPS) is 16.0. The second kappa shape index (κ2) is 8.42. The molecule has 1 aromatic heterocycles. The smallest absolute Gasteiger partial charge is 0.251 e. The monoisotopic (exact) mass is 339 g/mol. The summed E-state index contributed by atoms with van der Waals surface area (Å²) in [6, 6.07) is 0.792. The molecule has 1 fully saturated rings. The molecule has 0 radical (unpaired) electrons. The molecule has 1 saturated heterocycles. The van der Waals surface area contributed by atoms with E-state index in [4.69, 9.17) is 0 Å². The van der Waals surface area contributed by atoms with Gasteiger partial charge in [0.15, 0.2) is 0 Å². The molecule has 1 amide bonds. The van der Waals surface area contributed by atoms with E-state index in [1.165, 1.54) is 17.1 Å². The van der Waals surface area contributed by atoms with Gasteiger partial charge in [0.2, 0.25) is 5.91 Å². The van der Waals surface area contributed by atoms with E-state index in [0.29, 0.717) is 18.4 Å². The first-order valence-corrected chi connectivity index (χ1v) is 8.70. The zero-order chi connectivity index (χ0) is 17.7. The molecular formula is C18H30FN3O2. The Labute approximate surface area is 144 Å². The summed E-state index contributed by atoms with van der Waals surface area (Å²) >= 11 is 0. The van der Waals surface area contributed by atoms with Crippen molar-refractivity contribution in [1.82, 2.24) is 14.8 Å². The van der Waals surface area contributed by atoms with Gasteiger partial charge in [-0.3, -0.25) is 9.59 Å². The Balaban J connectivity index is 0.00000312. The molecule has 1 aliphatic heterocycles. The van der Waals surface area contributed by atoms with Gasteiger partial charge in [-0.25, -0.2) is 4.39 Å². The lowest BCUT2D eigenvalue weighted by Crippen LogP contribution is -2.39. The minimum atomic E-state index is -0.653. The van der Waals surface area contributed by atoms with Gasteiger partial charge in [0.25, 0.3) is 5.56 Å². The number of hydrogen-bond acceptors (Lipinski definition) is 3. The second-order valence-corrected chi connectivity index (χ2v) is 6.91. The van der Waals surface area contributed by atoms with Crippen LogP contribution in [-0.4, -0.2) is 42.1 Å². The number of nitrogens with one attached hydrogen (secondary N) is 1. The molecule has 1 unspecified atom stereocenters. The standard InChI is InChI=1S/C18H28FN3O2.H2/c1-13(2)9-16(18(24)20-3)22-12-14(5-8-21-6-4-7-21)15(11-19)10-17(22)23;/h10,12-13,16H,4-9,11H2,1-3H3,(H,20,24);1H. The van der Waals surface area contributed by atoms with Crippen LogP contribution in [0.4, 0.5) is 4.39 Å². The highest BCUT2D eigenvalue weighted by molar-refractivity contribution is 5.80. The molecule has 0 aromatic carbocycles. The van der Waals surface area contributed by atoms with Crippen LogP contribution in [0.15, 0.2) is 17.1 Å². The minimum absolute atomic E-state index is 0. The predicted octanol–water partition coefficient (Wildman–Crippen LogP) is 2.15. The molecule has 1 aromatic rings. The summed E-state index contributed by atoms with van der Waals surface area (Å²) in [6.45, 7) is 6.40. The number of likely N-dealkylation sites (tertiary alicyclic amines) is 1. The average Bonchev–Trinajstić information content (AvgIpc) is 2.51. The van der Waals surface area contributed by atoms with Crippen LogP contribution in [0.25, 0.3) is 0 Å². The summed E-state index contributed by atoms with van der Waals surface area (Å²) in [6.07, 6.45) is 4.17. The summed E-state index contributed by atoms with van der Waals surface area (Å²) in [7, 11) is 1.57. The quantitative estimate of drug-likeness (QED) is 0.789. The molecule has 1 N–H and O–H groups in total. The molecule has 0 saturated carbocycles. The third-order valence-electron chi connectivity index (χ3n) is 4.63. The Morgan fingerprint density at radius 1 is 1.38 bits per heavy atom. The van der Waals surface area contributed by atoms with Crippen LogP contribution >= 0.6 is 0 Å². The molecule has 5 nitrogen and oxygen atoms in total. The lowest BCUT2D eigenvalue weighted by molar-refractivity contribution is -0.124. The van der Waals surface area contributed by atoms with E-state index in [2.05, 4.69) is 10.2 Å². The van der Waals surface area contributed by atoms with Gasteiger partial charge in [-0.1, -0.05) is 13.8 Å². The fourth-order valence-electron chi connectivity index (χ4n) is 3.07. The van der Waals surface area contributed by atoms with E-state index in [-0.39, 0.29) is 18.8 Å². The lowest BCUT2D eigenvalue weighted by Gasteiger charge is -2.31. The first-order chi connectivity index (χ1) is 11.5. The molecule has 6 heteroatoms. The fraction of sp³-hybridized carbons (Fsp3) is 0.667. The summed E-state index contributed by atoms with van der Waals surface area (Å²) in [5.74, 6) is 0.0806. The van der Waals surface area contributed by atoms with Gasteiger partial charge >= 0.3 is 0 Å². The molecular weight excluding hydrogens is 309 g/mol. The molecule has 136 valence electrons. The van der Waals surface area contributed by atoms with Crippen molar-refractivity contribution in [1.29, 1.82) is 0 Å². The molecule has 2 rings (SSSR count). The summed E-state index contributed by atoms with van der Waals surface area (Å²) in [5.41, 5.74) is 0.947. The highest BCUT2D eigenvalue weighted by Gasteiger charge is 2.23. The SMILES string of the molecule is CNC(=O)C(CC(C)C)n1cc(CCN2CCC2)c(CF)cc1=O.[HH]. The maximum absolute atomic E-state index is 13.3. The zero-order valence-corrected chi connectivity index (χ0v) is 14.8. The zero-order valence-electron chi connectivity index (χ0n) is 14.8. The number of carbonyl (C=O) groups excluding carboxylic acids is 1. The van der Waals surface area contributed by atoms with Crippen molar-refractivity contribution < 1.29 is 10.6 Å². The number of hydrogen-bond donors (Lipinski definition) is 1. The first-order valence-electron chi connectivity index (χ1n) is 8.70. The van der Waals surface area contributed by atoms with E-state index in [1.54, 1.807) is 13.2 Å². The summed E-state index contributed by atoms with van der Waals surface area (Å²) < 4.78 is 14.8. The van der Waals surface area contributed by atoms with E-state index < -0.39 is 12.7 Å². The maximum Gasteiger partial charge on any atom is 0.251 e. The molecule has 0 aliphatic carbocycles. The molecule has 0 bridgehead atoms. The predicted molar refractivity (Wildman–Crippen MR) is 94.9 cm³/mol. The number of nitrogens with zero attached hydrogens (tertiary/aromatic N) is 2. The van der Waals surface area contributed by atoms with Gasteiger partial charge in [-0.15, -0.1) is 0 Å². The highest BCUT2D eigenvalue weighted by Crippen LogP contribution is 2.19. The van der Waals surface area contributed by atoms with E-state index >= 15 is 0 Å². The van der Waals surface area contributed by atoms with Crippen LogP contribution in [0.3, 0.4) is 0 Å². The third-order valence-corrected chi connectivity index (χ3v) is 4.63. The number of pyridine rings is 1. The van der Waals surface area contributed by atoms with Crippen LogP contribution < -0.4 is 10.9 Å². The number of likely N-dealkylation sites (N-methyl/N-ethyl adjacent to an activating group) is 1. The average molecular weight is 339 g/mol. The number of halogens is 1. The Bertz CT molecular complexity index is 629. The Kier molecular flexibility index (Phi) is 6.54. The molecule has 24 heavy (non-hydrogen) atoms. The number of carbonyl (C=O) groups is 1.